The molecule has 1 unspecified atom stereocenters. The van der Waals surface area contributed by atoms with Crippen molar-refractivity contribution in [2.75, 3.05) is 24.5 Å². The number of pyridine rings is 1. The van der Waals surface area contributed by atoms with Crippen LogP contribution >= 0.6 is 0 Å². The Hall–Kier alpha value is -1.58. The van der Waals surface area contributed by atoms with Gasteiger partial charge in [-0.15, -0.1) is 0 Å². The van der Waals surface area contributed by atoms with Crippen LogP contribution in [0.25, 0.3) is 0 Å². The molecule has 1 aromatic rings. The molecule has 4 rings (SSSR count). The number of piperidine rings is 1. The van der Waals surface area contributed by atoms with Crippen molar-refractivity contribution in [1.29, 1.82) is 0 Å². The number of carbonyl (C=O) groups is 1. The Morgan fingerprint density at radius 3 is 2.70 bits per heavy atom. The zero-order valence-electron chi connectivity index (χ0n) is 13.9. The van der Waals surface area contributed by atoms with E-state index >= 15 is 0 Å². The molecule has 3 aliphatic rings. The van der Waals surface area contributed by atoms with Gasteiger partial charge in [0.25, 0.3) is 0 Å². The lowest BCUT2D eigenvalue weighted by Gasteiger charge is -2.40. The zero-order chi connectivity index (χ0) is 15.7. The minimum absolute atomic E-state index is 0.146. The summed E-state index contributed by atoms with van der Waals surface area (Å²) < 4.78 is 0. The quantitative estimate of drug-likeness (QED) is 0.841. The Labute approximate surface area is 138 Å². The van der Waals surface area contributed by atoms with Crippen LogP contribution in [0.3, 0.4) is 0 Å². The maximum absolute atomic E-state index is 13.2. The van der Waals surface area contributed by atoms with Crippen LogP contribution in [0.2, 0.25) is 0 Å². The summed E-state index contributed by atoms with van der Waals surface area (Å²) >= 11 is 0. The highest BCUT2D eigenvalue weighted by atomic mass is 16.2. The second kappa shape index (κ2) is 6.14. The molecule has 0 aromatic carbocycles. The minimum Gasteiger partial charge on any atom is -0.356 e. The van der Waals surface area contributed by atoms with E-state index in [1.165, 1.54) is 32.1 Å². The molecule has 0 bridgehead atoms. The van der Waals surface area contributed by atoms with Gasteiger partial charge < -0.3 is 9.80 Å². The van der Waals surface area contributed by atoms with Crippen LogP contribution in [0.15, 0.2) is 24.4 Å². The lowest BCUT2D eigenvalue weighted by Crippen LogP contribution is -2.50. The summed E-state index contributed by atoms with van der Waals surface area (Å²) in [6.45, 7) is 2.85. The van der Waals surface area contributed by atoms with Gasteiger partial charge in [-0.3, -0.25) is 4.79 Å². The van der Waals surface area contributed by atoms with Crippen LogP contribution in [-0.2, 0) is 4.79 Å². The average molecular weight is 313 g/mol. The van der Waals surface area contributed by atoms with Crippen molar-refractivity contribution < 1.29 is 4.79 Å². The Morgan fingerprint density at radius 1 is 1.04 bits per heavy atom. The number of carbonyl (C=O) groups excluding carboxylic acids is 1. The molecule has 3 fully saturated rings. The smallest absolute Gasteiger partial charge is 0.230 e. The largest absolute Gasteiger partial charge is 0.356 e. The first-order chi connectivity index (χ1) is 11.3. The van der Waals surface area contributed by atoms with E-state index in [9.17, 15) is 4.79 Å². The van der Waals surface area contributed by atoms with Crippen molar-refractivity contribution >= 4 is 11.7 Å². The van der Waals surface area contributed by atoms with Gasteiger partial charge in [-0.05, 0) is 44.2 Å². The van der Waals surface area contributed by atoms with Gasteiger partial charge in [-0.2, -0.15) is 0 Å². The molecule has 1 aliphatic carbocycles. The average Bonchev–Trinajstić information content (AvgIpc) is 2.93. The lowest BCUT2D eigenvalue weighted by atomic mass is 9.78. The predicted octanol–water partition coefficient (Wildman–Crippen LogP) is 3.23. The third-order valence-electron chi connectivity index (χ3n) is 6.11. The molecule has 4 heteroatoms. The predicted molar refractivity (Wildman–Crippen MR) is 91.3 cm³/mol. The van der Waals surface area contributed by atoms with E-state index in [0.717, 1.165) is 44.7 Å². The van der Waals surface area contributed by atoms with Crippen LogP contribution in [-0.4, -0.2) is 41.5 Å². The molecule has 1 atom stereocenters. The molecule has 4 nitrogen and oxygen atoms in total. The second-order valence-corrected chi connectivity index (χ2v) is 7.53. The SMILES string of the molecule is O=C1N(C2CCCCC2)CCC12CCCN(c1ccccn1)C2. The fourth-order valence-corrected chi connectivity index (χ4v) is 4.84. The molecule has 1 spiro atoms. The third kappa shape index (κ3) is 2.73. The van der Waals surface area contributed by atoms with E-state index in [1.54, 1.807) is 0 Å². The van der Waals surface area contributed by atoms with Crippen molar-refractivity contribution in [2.45, 2.75) is 57.4 Å². The van der Waals surface area contributed by atoms with Crippen LogP contribution < -0.4 is 4.90 Å². The first kappa shape index (κ1) is 15.0. The highest BCUT2D eigenvalue weighted by Gasteiger charge is 2.50. The van der Waals surface area contributed by atoms with Gasteiger partial charge in [0.05, 0.1) is 5.41 Å². The molecule has 23 heavy (non-hydrogen) atoms. The number of hydrogen-bond donors (Lipinski definition) is 0. The Kier molecular flexibility index (Phi) is 4.00. The molecule has 2 aliphatic heterocycles. The third-order valence-corrected chi connectivity index (χ3v) is 6.11. The molecule has 2 saturated heterocycles. The van der Waals surface area contributed by atoms with Gasteiger partial charge in [0.2, 0.25) is 5.91 Å². The number of anilines is 1. The molecule has 0 N–H and O–H groups in total. The molecule has 1 amide bonds. The molecule has 1 aromatic heterocycles. The maximum atomic E-state index is 13.2. The normalized spacial score (nSPS) is 29.5. The number of likely N-dealkylation sites (tertiary alicyclic amines) is 1. The number of aromatic nitrogens is 1. The van der Waals surface area contributed by atoms with Crippen LogP contribution in [0, 0.1) is 5.41 Å². The zero-order valence-corrected chi connectivity index (χ0v) is 13.9. The molecule has 1 saturated carbocycles. The highest BCUT2D eigenvalue weighted by Crippen LogP contribution is 2.43. The summed E-state index contributed by atoms with van der Waals surface area (Å²) in [6, 6.07) is 6.57. The minimum atomic E-state index is -0.146. The molecule has 3 heterocycles. The van der Waals surface area contributed by atoms with Crippen molar-refractivity contribution in [3.63, 3.8) is 0 Å². The first-order valence-electron chi connectivity index (χ1n) is 9.26. The van der Waals surface area contributed by atoms with Crippen LogP contribution in [0.1, 0.15) is 51.4 Å². The molecule has 0 radical (unpaired) electrons. The summed E-state index contributed by atoms with van der Waals surface area (Å²) in [5.74, 6) is 1.46. The number of nitrogens with zero attached hydrogens (tertiary/aromatic N) is 3. The van der Waals surface area contributed by atoms with Crippen LogP contribution in [0.4, 0.5) is 5.82 Å². The number of rotatable bonds is 2. The van der Waals surface area contributed by atoms with E-state index < -0.39 is 0 Å². The maximum Gasteiger partial charge on any atom is 0.230 e. The summed E-state index contributed by atoms with van der Waals surface area (Å²) in [4.78, 5) is 22.3. The fourth-order valence-electron chi connectivity index (χ4n) is 4.84. The van der Waals surface area contributed by atoms with Crippen molar-refractivity contribution in [3.8, 4) is 0 Å². The van der Waals surface area contributed by atoms with Crippen molar-refractivity contribution in [2.24, 2.45) is 5.41 Å². The number of hydrogen-bond acceptors (Lipinski definition) is 3. The standard InChI is InChI=1S/C19H27N3O/c23-18-19(11-14-22(18)16-7-2-1-3-8-16)10-6-13-21(15-19)17-9-4-5-12-20-17/h4-5,9,12,16H,1-3,6-8,10-11,13-15H2. The Bertz CT molecular complexity index is 555. The summed E-state index contributed by atoms with van der Waals surface area (Å²) in [6.07, 6.45) is 11.4. The highest BCUT2D eigenvalue weighted by molar-refractivity contribution is 5.86. The van der Waals surface area contributed by atoms with Gasteiger partial charge in [0.1, 0.15) is 5.82 Å². The molecular formula is C19H27N3O. The van der Waals surface area contributed by atoms with Gasteiger partial charge in [-0.1, -0.05) is 25.3 Å². The summed E-state index contributed by atoms with van der Waals surface area (Å²) in [7, 11) is 0. The molecular weight excluding hydrogens is 286 g/mol. The van der Waals surface area contributed by atoms with Gasteiger partial charge in [-0.25, -0.2) is 4.98 Å². The monoisotopic (exact) mass is 313 g/mol. The fraction of sp³-hybridized carbons (Fsp3) is 0.684. The van der Waals surface area contributed by atoms with Crippen molar-refractivity contribution in [3.05, 3.63) is 24.4 Å². The Morgan fingerprint density at radius 2 is 1.91 bits per heavy atom. The first-order valence-corrected chi connectivity index (χ1v) is 9.26. The van der Waals surface area contributed by atoms with Crippen molar-refractivity contribution in [1.82, 2.24) is 9.88 Å². The van der Waals surface area contributed by atoms with E-state index in [0.29, 0.717) is 11.9 Å². The lowest BCUT2D eigenvalue weighted by molar-refractivity contribution is -0.138. The van der Waals surface area contributed by atoms with E-state index in [2.05, 4.69) is 20.9 Å². The Balaban J connectivity index is 1.50. The van der Waals surface area contributed by atoms with Gasteiger partial charge in [0.15, 0.2) is 0 Å². The van der Waals surface area contributed by atoms with Gasteiger partial charge >= 0.3 is 0 Å². The van der Waals surface area contributed by atoms with E-state index in [4.69, 9.17) is 0 Å². The van der Waals surface area contributed by atoms with E-state index in [-0.39, 0.29) is 5.41 Å². The van der Waals surface area contributed by atoms with Crippen LogP contribution in [0.5, 0.6) is 0 Å². The van der Waals surface area contributed by atoms with E-state index in [1.807, 2.05) is 18.3 Å². The number of amides is 1. The summed E-state index contributed by atoms with van der Waals surface area (Å²) in [5, 5.41) is 0. The summed E-state index contributed by atoms with van der Waals surface area (Å²) in [5.41, 5.74) is -0.146. The topological polar surface area (TPSA) is 36.4 Å². The van der Waals surface area contributed by atoms with Gasteiger partial charge in [0, 0.05) is 31.9 Å². The second-order valence-electron chi connectivity index (χ2n) is 7.53. The molecule has 124 valence electrons.